The van der Waals surface area contributed by atoms with E-state index in [9.17, 15) is 4.39 Å². The van der Waals surface area contributed by atoms with E-state index in [1.165, 1.54) is 31.4 Å². The molecule has 224 valence electrons. The molecule has 7 rings (SSSR count). The van der Waals surface area contributed by atoms with Gasteiger partial charge in [0.1, 0.15) is 35.1 Å². The summed E-state index contributed by atoms with van der Waals surface area (Å²) in [5.74, 6) is 1.43. The number of halogens is 1. The minimum absolute atomic E-state index is 0.255. The highest BCUT2D eigenvalue weighted by atomic mass is 19.1. The van der Waals surface area contributed by atoms with Gasteiger partial charge in [-0.2, -0.15) is 5.10 Å². The number of pyridine rings is 2. The molecule has 0 spiro atoms. The number of ether oxygens (including phenoxy) is 2. The van der Waals surface area contributed by atoms with Gasteiger partial charge in [0, 0.05) is 41.5 Å². The number of fused-ring (bicyclic) bond motifs is 2. The molecule has 2 aromatic carbocycles. The van der Waals surface area contributed by atoms with Crippen molar-refractivity contribution in [2.24, 2.45) is 0 Å². The van der Waals surface area contributed by atoms with Crippen LogP contribution in [0.15, 0.2) is 67.1 Å². The number of imidazole rings is 1. The largest absolute Gasteiger partial charge is 0.492 e. The fourth-order valence-corrected chi connectivity index (χ4v) is 5.78. The van der Waals surface area contributed by atoms with Gasteiger partial charge in [-0.25, -0.2) is 9.37 Å². The van der Waals surface area contributed by atoms with Gasteiger partial charge in [-0.1, -0.05) is 12.5 Å². The van der Waals surface area contributed by atoms with Gasteiger partial charge < -0.3 is 19.4 Å². The van der Waals surface area contributed by atoms with Gasteiger partial charge in [0.2, 0.25) is 0 Å². The lowest BCUT2D eigenvalue weighted by atomic mass is 9.98. The third-order valence-electron chi connectivity index (χ3n) is 8.04. The molecule has 10 heteroatoms. The van der Waals surface area contributed by atoms with Crippen LogP contribution in [0.3, 0.4) is 0 Å². The highest BCUT2D eigenvalue weighted by Gasteiger charge is 2.19. The number of nitrogens with one attached hydrogen (secondary N) is 2. The average Bonchev–Trinajstić information content (AvgIpc) is 3.65. The lowest BCUT2D eigenvalue weighted by Gasteiger charge is -2.23. The number of benzene rings is 2. The standard InChI is InChI=1S/C34H34FN7O2/c1-42(2)12-13-43-26-15-22(14-24(35)18-26)31-33-30(10-11-37-31)38-34(39-33)32-28-17-21(8-9-29(28)40-41-32)23-16-27(20-36-19-23)44-25-6-4-3-5-7-25/h8-11,14-20,25H,3-7,12-13H2,1-2H3,(H,38,39)(H,40,41). The maximum atomic E-state index is 14.6. The third kappa shape index (κ3) is 5.85. The molecule has 0 aliphatic heterocycles. The highest BCUT2D eigenvalue weighted by Crippen LogP contribution is 2.34. The van der Waals surface area contributed by atoms with Gasteiger partial charge in [-0.05, 0) is 81.7 Å². The summed E-state index contributed by atoms with van der Waals surface area (Å²) in [6.07, 6.45) is 11.5. The molecule has 1 aliphatic rings. The van der Waals surface area contributed by atoms with E-state index in [1.807, 2.05) is 37.3 Å². The zero-order chi connectivity index (χ0) is 30.0. The normalized spacial score (nSPS) is 14.1. The number of hydrogen-bond acceptors (Lipinski definition) is 7. The molecule has 4 aromatic heterocycles. The Morgan fingerprint density at radius 2 is 1.75 bits per heavy atom. The zero-order valence-electron chi connectivity index (χ0n) is 24.8. The van der Waals surface area contributed by atoms with Crippen LogP contribution in [0.2, 0.25) is 0 Å². The van der Waals surface area contributed by atoms with Crippen molar-refractivity contribution in [1.82, 2.24) is 35.0 Å². The van der Waals surface area contributed by atoms with Crippen LogP contribution in [0, 0.1) is 5.82 Å². The van der Waals surface area contributed by atoms with E-state index in [0.29, 0.717) is 40.6 Å². The van der Waals surface area contributed by atoms with Crippen molar-refractivity contribution in [3.8, 4) is 45.4 Å². The Balaban J connectivity index is 1.21. The molecule has 44 heavy (non-hydrogen) atoms. The van der Waals surface area contributed by atoms with E-state index in [-0.39, 0.29) is 6.10 Å². The summed E-state index contributed by atoms with van der Waals surface area (Å²) in [7, 11) is 3.93. The average molecular weight is 592 g/mol. The Bertz CT molecular complexity index is 1930. The van der Waals surface area contributed by atoms with E-state index in [1.54, 1.807) is 18.5 Å². The lowest BCUT2D eigenvalue weighted by Crippen LogP contribution is -2.19. The molecule has 6 aromatic rings. The zero-order valence-corrected chi connectivity index (χ0v) is 24.8. The summed E-state index contributed by atoms with van der Waals surface area (Å²) >= 11 is 0. The second kappa shape index (κ2) is 12.0. The molecule has 0 amide bonds. The molecule has 1 fully saturated rings. The molecule has 1 saturated carbocycles. The minimum Gasteiger partial charge on any atom is -0.492 e. The summed E-state index contributed by atoms with van der Waals surface area (Å²) < 4.78 is 26.7. The Kier molecular flexibility index (Phi) is 7.66. The first-order chi connectivity index (χ1) is 21.5. The first-order valence-corrected chi connectivity index (χ1v) is 15.0. The molecule has 1 aliphatic carbocycles. The summed E-state index contributed by atoms with van der Waals surface area (Å²) in [5.41, 5.74) is 6.08. The number of hydrogen-bond donors (Lipinski definition) is 2. The quantitative estimate of drug-likeness (QED) is 0.186. The predicted octanol–water partition coefficient (Wildman–Crippen LogP) is 7.02. The number of nitrogens with zero attached hydrogens (tertiary/aromatic N) is 5. The van der Waals surface area contributed by atoms with Gasteiger partial charge in [0.25, 0.3) is 0 Å². The molecule has 0 saturated heterocycles. The Morgan fingerprint density at radius 1 is 0.886 bits per heavy atom. The highest BCUT2D eigenvalue weighted by molar-refractivity contribution is 5.97. The monoisotopic (exact) mass is 591 g/mol. The van der Waals surface area contributed by atoms with Crippen molar-refractivity contribution in [3.05, 3.63) is 72.9 Å². The van der Waals surface area contributed by atoms with Crippen LogP contribution in [0.25, 0.3) is 55.8 Å². The maximum absolute atomic E-state index is 14.6. The van der Waals surface area contributed by atoms with Crippen LogP contribution in [-0.4, -0.2) is 68.4 Å². The lowest BCUT2D eigenvalue weighted by molar-refractivity contribution is 0.154. The second-order valence-electron chi connectivity index (χ2n) is 11.6. The number of rotatable bonds is 9. The van der Waals surface area contributed by atoms with Crippen molar-refractivity contribution in [1.29, 1.82) is 0 Å². The molecule has 0 bridgehead atoms. The Hall–Kier alpha value is -4.83. The van der Waals surface area contributed by atoms with E-state index in [4.69, 9.17) is 14.5 Å². The number of aromatic nitrogens is 6. The molecule has 0 unspecified atom stereocenters. The Labute approximate surface area is 254 Å². The van der Waals surface area contributed by atoms with E-state index < -0.39 is 5.82 Å². The second-order valence-corrected chi connectivity index (χ2v) is 11.6. The molecular weight excluding hydrogens is 557 g/mol. The van der Waals surface area contributed by atoms with Gasteiger partial charge in [-0.15, -0.1) is 0 Å². The maximum Gasteiger partial charge on any atom is 0.159 e. The number of aromatic amines is 2. The topological polar surface area (TPSA) is 105 Å². The van der Waals surface area contributed by atoms with Crippen LogP contribution in [0.5, 0.6) is 11.5 Å². The van der Waals surface area contributed by atoms with Crippen molar-refractivity contribution in [2.75, 3.05) is 27.2 Å². The summed E-state index contributed by atoms with van der Waals surface area (Å²) in [6.45, 7) is 1.17. The van der Waals surface area contributed by atoms with Crippen LogP contribution >= 0.6 is 0 Å². The SMILES string of the molecule is CN(C)CCOc1cc(F)cc(-c2nccc3[nH]c(-c4n[nH]c5ccc(-c6cncc(OC7CCCCC7)c6)cc45)nc23)c1. The first-order valence-electron chi connectivity index (χ1n) is 15.0. The molecule has 0 atom stereocenters. The minimum atomic E-state index is -0.398. The fourth-order valence-electron chi connectivity index (χ4n) is 5.78. The smallest absolute Gasteiger partial charge is 0.159 e. The van der Waals surface area contributed by atoms with Crippen molar-refractivity contribution >= 4 is 21.9 Å². The third-order valence-corrected chi connectivity index (χ3v) is 8.04. The van der Waals surface area contributed by atoms with Crippen LogP contribution < -0.4 is 9.47 Å². The molecular formula is C34H34FN7O2. The van der Waals surface area contributed by atoms with Gasteiger partial charge in [-0.3, -0.25) is 15.1 Å². The van der Waals surface area contributed by atoms with Gasteiger partial charge in [0.15, 0.2) is 5.82 Å². The fraction of sp³-hybridized carbons (Fsp3) is 0.294. The van der Waals surface area contributed by atoms with Crippen molar-refractivity contribution < 1.29 is 13.9 Å². The predicted molar refractivity (Wildman–Crippen MR) is 169 cm³/mol. The molecule has 2 N–H and O–H groups in total. The summed E-state index contributed by atoms with van der Waals surface area (Å²) in [4.78, 5) is 19.3. The first kappa shape index (κ1) is 28.0. The van der Waals surface area contributed by atoms with E-state index in [0.717, 1.165) is 52.7 Å². The van der Waals surface area contributed by atoms with Crippen LogP contribution in [-0.2, 0) is 0 Å². The van der Waals surface area contributed by atoms with Crippen molar-refractivity contribution in [2.45, 2.75) is 38.2 Å². The van der Waals surface area contributed by atoms with Gasteiger partial charge in [0.05, 0.1) is 29.0 Å². The molecule has 4 heterocycles. The Morgan fingerprint density at radius 3 is 2.61 bits per heavy atom. The summed E-state index contributed by atoms with van der Waals surface area (Å²) in [5, 5.41) is 8.65. The number of H-pyrrole nitrogens is 2. The van der Waals surface area contributed by atoms with E-state index in [2.05, 4.69) is 43.3 Å². The van der Waals surface area contributed by atoms with Gasteiger partial charge >= 0.3 is 0 Å². The number of likely N-dealkylation sites (N-methyl/N-ethyl adjacent to an activating group) is 1. The van der Waals surface area contributed by atoms with Crippen LogP contribution in [0.4, 0.5) is 4.39 Å². The summed E-state index contributed by atoms with van der Waals surface area (Å²) in [6, 6.07) is 14.7. The van der Waals surface area contributed by atoms with Crippen LogP contribution in [0.1, 0.15) is 32.1 Å². The molecule has 0 radical (unpaired) electrons. The van der Waals surface area contributed by atoms with E-state index >= 15 is 0 Å². The van der Waals surface area contributed by atoms with Crippen molar-refractivity contribution in [3.63, 3.8) is 0 Å². The molecule has 9 nitrogen and oxygen atoms in total.